The molecule has 102 valence electrons. The van der Waals surface area contributed by atoms with Gasteiger partial charge in [0, 0.05) is 0 Å². The number of epoxide rings is 1. The van der Waals surface area contributed by atoms with Gasteiger partial charge >= 0.3 is 0 Å². The van der Waals surface area contributed by atoms with Crippen molar-refractivity contribution in [2.75, 3.05) is 0 Å². The quantitative estimate of drug-likeness (QED) is 0.330. The molecule has 1 fully saturated rings. The van der Waals surface area contributed by atoms with Gasteiger partial charge in [-0.15, -0.1) is 6.58 Å². The largest absolute Gasteiger partial charge is 0.377 e. The Morgan fingerprint density at radius 2 is 2.16 bits per heavy atom. The molecular weight excluding hydrogens is 236 g/mol. The monoisotopic (exact) mass is 258 g/mol. The van der Waals surface area contributed by atoms with Crippen molar-refractivity contribution in [2.45, 2.75) is 57.3 Å². The maximum absolute atomic E-state index is 9.76. The highest BCUT2D eigenvalue weighted by atomic mass is 16.6. The zero-order valence-electron chi connectivity index (χ0n) is 11.6. The van der Waals surface area contributed by atoms with Gasteiger partial charge in [0.25, 0.3) is 0 Å². The normalized spacial score (nSPS) is 22.0. The van der Waals surface area contributed by atoms with Crippen LogP contribution in [0.15, 0.2) is 24.8 Å². The van der Waals surface area contributed by atoms with E-state index in [1.807, 2.05) is 19.1 Å². The number of allylic oxidation sites excluding steroid dienone is 3. The summed E-state index contributed by atoms with van der Waals surface area (Å²) in [5, 5.41) is 9.76. The van der Waals surface area contributed by atoms with Gasteiger partial charge in [-0.2, -0.15) is 0 Å². The van der Waals surface area contributed by atoms with Crippen molar-refractivity contribution in [1.29, 1.82) is 0 Å². The van der Waals surface area contributed by atoms with Crippen molar-refractivity contribution >= 4 is 0 Å². The lowest BCUT2D eigenvalue weighted by Crippen LogP contribution is -2.14. The first-order valence-electron chi connectivity index (χ1n) is 6.86. The number of aliphatic hydroxyl groups is 1. The molecule has 19 heavy (non-hydrogen) atoms. The van der Waals surface area contributed by atoms with Crippen molar-refractivity contribution < 1.29 is 9.84 Å². The van der Waals surface area contributed by atoms with Gasteiger partial charge in [-0.3, -0.25) is 0 Å². The molecule has 1 aliphatic rings. The molecule has 1 N–H and O–H groups in total. The first-order valence-corrected chi connectivity index (χ1v) is 6.86. The average Bonchev–Trinajstić information content (AvgIpc) is 3.18. The third kappa shape index (κ3) is 6.87. The van der Waals surface area contributed by atoms with E-state index in [2.05, 4.69) is 30.3 Å². The van der Waals surface area contributed by atoms with Crippen molar-refractivity contribution in [2.24, 2.45) is 0 Å². The third-order valence-corrected chi connectivity index (χ3v) is 2.93. The molecule has 1 heterocycles. The summed E-state index contributed by atoms with van der Waals surface area (Å²) in [4.78, 5) is 0. The Hall–Kier alpha value is -1.48. The van der Waals surface area contributed by atoms with Crippen molar-refractivity contribution in [3.63, 3.8) is 0 Å². The zero-order valence-corrected chi connectivity index (χ0v) is 11.6. The molecule has 0 aliphatic carbocycles. The van der Waals surface area contributed by atoms with E-state index in [-0.39, 0.29) is 12.2 Å². The van der Waals surface area contributed by atoms with E-state index in [1.165, 1.54) is 12.8 Å². The fraction of sp³-hybridized carbons (Fsp3) is 0.529. The van der Waals surface area contributed by atoms with Crippen molar-refractivity contribution in [1.82, 2.24) is 0 Å². The van der Waals surface area contributed by atoms with Crippen LogP contribution in [-0.2, 0) is 4.74 Å². The van der Waals surface area contributed by atoms with Gasteiger partial charge in [0.05, 0.1) is 6.10 Å². The highest BCUT2D eigenvalue weighted by Crippen LogP contribution is 2.30. The molecule has 3 unspecified atom stereocenters. The predicted molar refractivity (Wildman–Crippen MR) is 78.3 cm³/mol. The molecule has 0 radical (unpaired) electrons. The second-order valence-electron chi connectivity index (χ2n) is 4.55. The van der Waals surface area contributed by atoms with Gasteiger partial charge in [0.1, 0.15) is 12.2 Å². The minimum atomic E-state index is -0.710. The van der Waals surface area contributed by atoms with E-state index >= 15 is 0 Å². The Kier molecular flexibility index (Phi) is 7.75. The molecule has 0 amide bonds. The highest BCUT2D eigenvalue weighted by molar-refractivity contribution is 5.32. The molecule has 2 heteroatoms. The smallest absolute Gasteiger partial charge is 0.144 e. The maximum atomic E-state index is 9.76. The molecule has 0 bridgehead atoms. The molecule has 0 saturated carbocycles. The minimum Gasteiger partial charge on any atom is -0.377 e. The molecule has 1 aliphatic heterocycles. The fourth-order valence-corrected chi connectivity index (χ4v) is 1.83. The van der Waals surface area contributed by atoms with Crippen LogP contribution in [0.2, 0.25) is 0 Å². The fourth-order valence-electron chi connectivity index (χ4n) is 1.83. The lowest BCUT2D eigenvalue weighted by molar-refractivity contribution is 0.185. The summed E-state index contributed by atoms with van der Waals surface area (Å²) in [7, 11) is 0. The van der Waals surface area contributed by atoms with Crippen molar-refractivity contribution in [3.05, 3.63) is 24.8 Å². The SMILES string of the molecule is C=CCCCCCC1OC1C(O)C#CC#C/C=C/C. The summed E-state index contributed by atoms with van der Waals surface area (Å²) in [6.07, 6.45) is 10.5. The van der Waals surface area contributed by atoms with Crippen LogP contribution in [0.4, 0.5) is 0 Å². The number of aliphatic hydroxyl groups excluding tert-OH is 1. The number of unbranched alkanes of at least 4 members (excludes halogenated alkanes) is 3. The van der Waals surface area contributed by atoms with E-state index in [4.69, 9.17) is 4.74 Å². The Balaban J connectivity index is 2.14. The second-order valence-corrected chi connectivity index (χ2v) is 4.55. The van der Waals surface area contributed by atoms with Crippen LogP contribution in [0.25, 0.3) is 0 Å². The van der Waals surface area contributed by atoms with Gasteiger partial charge < -0.3 is 9.84 Å². The van der Waals surface area contributed by atoms with Crippen LogP contribution in [0.1, 0.15) is 39.0 Å². The highest BCUT2D eigenvalue weighted by Gasteiger charge is 2.42. The molecular formula is C17H22O2. The van der Waals surface area contributed by atoms with Gasteiger partial charge in [0.2, 0.25) is 0 Å². The van der Waals surface area contributed by atoms with Gasteiger partial charge in [0.15, 0.2) is 0 Å². The van der Waals surface area contributed by atoms with Gasteiger partial charge in [-0.05, 0) is 44.1 Å². The van der Waals surface area contributed by atoms with E-state index in [0.29, 0.717) is 0 Å². The predicted octanol–water partition coefficient (Wildman–Crippen LogP) is 2.83. The summed E-state index contributed by atoms with van der Waals surface area (Å²) < 4.78 is 5.43. The summed E-state index contributed by atoms with van der Waals surface area (Å²) >= 11 is 0. The number of rotatable bonds is 7. The summed E-state index contributed by atoms with van der Waals surface area (Å²) in [6, 6.07) is 0. The zero-order chi connectivity index (χ0) is 13.9. The van der Waals surface area contributed by atoms with E-state index < -0.39 is 6.10 Å². The molecule has 1 rings (SSSR count). The first kappa shape index (κ1) is 15.6. The van der Waals surface area contributed by atoms with E-state index in [9.17, 15) is 5.11 Å². The lowest BCUT2D eigenvalue weighted by atomic mass is 10.1. The van der Waals surface area contributed by atoms with E-state index in [1.54, 1.807) is 6.08 Å². The number of hydrogen-bond donors (Lipinski definition) is 1. The standard InChI is InChI=1S/C17H22O2/c1-3-5-7-9-11-13-15(18)17-16(19-17)14-12-10-8-6-4-2/h3-5,15-18H,2,6,8,10,12,14H2,1H3/b5-3+. The number of hydrogen-bond acceptors (Lipinski definition) is 2. The van der Waals surface area contributed by atoms with Crippen LogP contribution < -0.4 is 0 Å². The van der Waals surface area contributed by atoms with Crippen LogP contribution in [0.5, 0.6) is 0 Å². The van der Waals surface area contributed by atoms with Crippen LogP contribution in [-0.4, -0.2) is 23.4 Å². The Bertz CT molecular complexity index is 414. The molecule has 0 aromatic rings. The molecule has 3 atom stereocenters. The van der Waals surface area contributed by atoms with Gasteiger partial charge in [-0.25, -0.2) is 0 Å². The maximum Gasteiger partial charge on any atom is 0.144 e. The minimum absolute atomic E-state index is 0.115. The molecule has 2 nitrogen and oxygen atoms in total. The van der Waals surface area contributed by atoms with Crippen LogP contribution >= 0.6 is 0 Å². The Morgan fingerprint density at radius 1 is 1.32 bits per heavy atom. The average molecular weight is 258 g/mol. The van der Waals surface area contributed by atoms with E-state index in [0.717, 1.165) is 19.3 Å². The summed E-state index contributed by atoms with van der Waals surface area (Å²) in [5.74, 6) is 10.8. The molecule has 0 aromatic carbocycles. The van der Waals surface area contributed by atoms with Crippen LogP contribution in [0, 0.1) is 23.7 Å². The summed E-state index contributed by atoms with van der Waals surface area (Å²) in [6.45, 7) is 5.60. The molecule has 0 aromatic heterocycles. The third-order valence-electron chi connectivity index (χ3n) is 2.93. The lowest BCUT2D eigenvalue weighted by Gasteiger charge is -1.98. The van der Waals surface area contributed by atoms with Crippen LogP contribution in [0.3, 0.4) is 0 Å². The topological polar surface area (TPSA) is 32.8 Å². The summed E-state index contributed by atoms with van der Waals surface area (Å²) in [5.41, 5.74) is 0. The van der Waals surface area contributed by atoms with Gasteiger partial charge in [-0.1, -0.05) is 36.8 Å². The molecule has 1 saturated heterocycles. The Labute approximate surface area is 116 Å². The Morgan fingerprint density at radius 3 is 2.89 bits per heavy atom. The molecule has 0 spiro atoms. The first-order chi connectivity index (χ1) is 9.29. The van der Waals surface area contributed by atoms with Crippen molar-refractivity contribution in [3.8, 4) is 23.7 Å². The second kappa shape index (κ2) is 9.45. The number of ether oxygens (including phenoxy) is 1.